The molecule has 1 aromatic heterocycles. The molecule has 2 aromatic rings. The number of carbonyl (C=O) groups excluding carboxylic acids is 1. The maximum atomic E-state index is 12.5. The first-order chi connectivity index (χ1) is 10.7. The number of benzene rings is 1. The van der Waals surface area contributed by atoms with E-state index in [4.69, 9.17) is 4.74 Å². The van der Waals surface area contributed by atoms with Crippen molar-refractivity contribution in [2.75, 3.05) is 11.3 Å². The van der Waals surface area contributed by atoms with E-state index in [9.17, 15) is 13.2 Å². The third-order valence-corrected chi connectivity index (χ3v) is 4.74. The van der Waals surface area contributed by atoms with Gasteiger partial charge in [-0.2, -0.15) is 0 Å². The average Bonchev–Trinajstić information content (AvgIpc) is 2.86. The Morgan fingerprint density at radius 2 is 1.96 bits per heavy atom. The molecule has 23 heavy (non-hydrogen) atoms. The predicted molar refractivity (Wildman–Crippen MR) is 88.1 cm³/mol. The summed E-state index contributed by atoms with van der Waals surface area (Å²) in [4.78, 5) is 11.8. The Balaban J connectivity index is 2.35. The molecule has 0 saturated heterocycles. The molecule has 0 radical (unpaired) electrons. The molecule has 0 fully saturated rings. The first kappa shape index (κ1) is 17.1. The SMILES string of the molecule is CCOC(=O)c1cc(S(=O)(=O)Nc2cc(C)ccc2C)cn1C. The summed E-state index contributed by atoms with van der Waals surface area (Å²) in [5.74, 6) is -0.553. The largest absolute Gasteiger partial charge is 0.461 e. The number of rotatable bonds is 5. The van der Waals surface area contributed by atoms with Gasteiger partial charge in [0, 0.05) is 13.2 Å². The summed E-state index contributed by atoms with van der Waals surface area (Å²) in [5.41, 5.74) is 2.48. The van der Waals surface area contributed by atoms with Gasteiger partial charge in [-0.05, 0) is 44.0 Å². The predicted octanol–water partition coefficient (Wildman–Crippen LogP) is 2.62. The van der Waals surface area contributed by atoms with E-state index in [1.54, 1.807) is 20.0 Å². The van der Waals surface area contributed by atoms with Crippen LogP contribution in [0.1, 0.15) is 28.5 Å². The molecule has 7 heteroatoms. The smallest absolute Gasteiger partial charge is 0.354 e. The Bertz CT molecular complexity index is 838. The van der Waals surface area contributed by atoms with Gasteiger partial charge in [-0.1, -0.05) is 12.1 Å². The standard InChI is InChI=1S/C16H20N2O4S/c1-5-22-16(19)15-9-13(10-18(15)4)23(20,21)17-14-8-11(2)6-7-12(14)3/h6-10,17H,5H2,1-4H3. The average molecular weight is 336 g/mol. The minimum Gasteiger partial charge on any atom is -0.461 e. The molecule has 0 aliphatic heterocycles. The van der Waals surface area contributed by atoms with Crippen LogP contribution in [0.4, 0.5) is 5.69 Å². The Labute approximate surface area is 136 Å². The summed E-state index contributed by atoms with van der Waals surface area (Å²) >= 11 is 0. The normalized spacial score (nSPS) is 11.3. The van der Waals surface area contributed by atoms with Crippen LogP contribution in [-0.4, -0.2) is 25.6 Å². The molecule has 124 valence electrons. The number of nitrogens with zero attached hydrogens (tertiary/aromatic N) is 1. The first-order valence-electron chi connectivity index (χ1n) is 7.18. The number of anilines is 1. The van der Waals surface area contributed by atoms with Gasteiger partial charge in [-0.3, -0.25) is 4.72 Å². The van der Waals surface area contributed by atoms with Gasteiger partial charge in [0.1, 0.15) is 10.6 Å². The second-order valence-electron chi connectivity index (χ2n) is 5.32. The van der Waals surface area contributed by atoms with Gasteiger partial charge in [0.05, 0.1) is 12.3 Å². The van der Waals surface area contributed by atoms with Crippen molar-refractivity contribution in [3.05, 3.63) is 47.3 Å². The third-order valence-electron chi connectivity index (χ3n) is 3.41. The van der Waals surface area contributed by atoms with E-state index in [1.807, 2.05) is 26.0 Å². The minimum absolute atomic E-state index is 0.0176. The molecule has 0 aliphatic carbocycles. The number of aryl methyl sites for hydroxylation is 3. The first-order valence-corrected chi connectivity index (χ1v) is 8.66. The van der Waals surface area contributed by atoms with Gasteiger partial charge < -0.3 is 9.30 Å². The highest BCUT2D eigenvalue weighted by Gasteiger charge is 2.21. The molecular formula is C16H20N2O4S. The number of nitrogens with one attached hydrogen (secondary N) is 1. The number of carbonyl (C=O) groups is 1. The summed E-state index contributed by atoms with van der Waals surface area (Å²) in [7, 11) is -2.18. The van der Waals surface area contributed by atoms with Crippen molar-refractivity contribution in [1.82, 2.24) is 4.57 Å². The van der Waals surface area contributed by atoms with Crippen LogP contribution in [0, 0.1) is 13.8 Å². The van der Waals surface area contributed by atoms with Crippen molar-refractivity contribution < 1.29 is 17.9 Å². The molecule has 0 atom stereocenters. The lowest BCUT2D eigenvalue weighted by atomic mass is 10.1. The fraction of sp³-hybridized carbons (Fsp3) is 0.312. The van der Waals surface area contributed by atoms with Crippen molar-refractivity contribution in [3.8, 4) is 0 Å². The van der Waals surface area contributed by atoms with Crippen LogP contribution >= 0.6 is 0 Å². The van der Waals surface area contributed by atoms with Gasteiger partial charge >= 0.3 is 5.97 Å². The van der Waals surface area contributed by atoms with Crippen molar-refractivity contribution >= 4 is 21.7 Å². The zero-order chi connectivity index (χ0) is 17.2. The number of hydrogen-bond acceptors (Lipinski definition) is 4. The second-order valence-corrected chi connectivity index (χ2v) is 7.00. The molecule has 0 amide bonds. The molecule has 1 N–H and O–H groups in total. The van der Waals surface area contributed by atoms with Gasteiger partial charge in [0.15, 0.2) is 0 Å². The van der Waals surface area contributed by atoms with Crippen molar-refractivity contribution in [3.63, 3.8) is 0 Å². The summed E-state index contributed by atoms with van der Waals surface area (Å²) in [6.07, 6.45) is 1.39. The number of ether oxygens (including phenoxy) is 1. The lowest BCUT2D eigenvalue weighted by Crippen LogP contribution is -2.13. The van der Waals surface area contributed by atoms with E-state index in [-0.39, 0.29) is 17.2 Å². The monoisotopic (exact) mass is 336 g/mol. The van der Waals surface area contributed by atoms with Crippen molar-refractivity contribution in [2.45, 2.75) is 25.7 Å². The van der Waals surface area contributed by atoms with E-state index < -0.39 is 16.0 Å². The highest BCUT2D eigenvalue weighted by atomic mass is 32.2. The number of esters is 1. The zero-order valence-electron chi connectivity index (χ0n) is 13.6. The third kappa shape index (κ3) is 3.73. The second kappa shape index (κ2) is 6.45. The Hall–Kier alpha value is -2.28. The van der Waals surface area contributed by atoms with Crippen LogP contribution in [0.2, 0.25) is 0 Å². The van der Waals surface area contributed by atoms with Gasteiger partial charge in [0.2, 0.25) is 0 Å². The zero-order valence-corrected chi connectivity index (χ0v) is 14.4. The molecule has 1 heterocycles. The van der Waals surface area contributed by atoms with Crippen LogP contribution < -0.4 is 4.72 Å². The topological polar surface area (TPSA) is 77.4 Å². The summed E-state index contributed by atoms with van der Waals surface area (Å²) < 4.78 is 34.0. The number of sulfonamides is 1. The number of hydrogen-bond donors (Lipinski definition) is 1. The molecule has 0 bridgehead atoms. The molecule has 0 saturated carbocycles. The van der Waals surface area contributed by atoms with Crippen molar-refractivity contribution in [2.24, 2.45) is 7.05 Å². The van der Waals surface area contributed by atoms with E-state index in [0.29, 0.717) is 5.69 Å². The van der Waals surface area contributed by atoms with Gasteiger partial charge in [-0.25, -0.2) is 13.2 Å². The van der Waals surface area contributed by atoms with Crippen LogP contribution in [-0.2, 0) is 21.8 Å². The molecule has 6 nitrogen and oxygen atoms in total. The minimum atomic E-state index is -3.78. The molecule has 0 unspecified atom stereocenters. The van der Waals surface area contributed by atoms with E-state index >= 15 is 0 Å². The van der Waals surface area contributed by atoms with E-state index in [0.717, 1.165) is 11.1 Å². The lowest BCUT2D eigenvalue weighted by molar-refractivity contribution is 0.0515. The molecule has 1 aromatic carbocycles. The molecular weight excluding hydrogens is 316 g/mol. The Kier molecular flexibility index (Phi) is 4.79. The van der Waals surface area contributed by atoms with Crippen LogP contribution in [0.15, 0.2) is 35.4 Å². The highest BCUT2D eigenvalue weighted by molar-refractivity contribution is 7.92. The fourth-order valence-corrected chi connectivity index (χ4v) is 3.33. The maximum Gasteiger partial charge on any atom is 0.354 e. The van der Waals surface area contributed by atoms with E-state index in [2.05, 4.69) is 4.72 Å². The van der Waals surface area contributed by atoms with Gasteiger partial charge in [0.25, 0.3) is 10.0 Å². The quantitative estimate of drug-likeness (QED) is 0.852. The summed E-state index contributed by atoms with van der Waals surface area (Å²) in [5, 5.41) is 0. The molecule has 0 spiro atoms. The maximum absolute atomic E-state index is 12.5. The highest BCUT2D eigenvalue weighted by Crippen LogP contribution is 2.22. The van der Waals surface area contributed by atoms with Crippen LogP contribution in [0.5, 0.6) is 0 Å². The number of aromatic nitrogens is 1. The lowest BCUT2D eigenvalue weighted by Gasteiger charge is -2.10. The Morgan fingerprint density at radius 1 is 1.26 bits per heavy atom. The van der Waals surface area contributed by atoms with E-state index in [1.165, 1.54) is 16.8 Å². The fourth-order valence-electron chi connectivity index (χ4n) is 2.14. The van der Waals surface area contributed by atoms with Crippen LogP contribution in [0.3, 0.4) is 0 Å². The summed E-state index contributed by atoms with van der Waals surface area (Å²) in [6, 6.07) is 6.84. The van der Waals surface area contributed by atoms with Crippen molar-refractivity contribution in [1.29, 1.82) is 0 Å². The van der Waals surface area contributed by atoms with Crippen LogP contribution in [0.25, 0.3) is 0 Å². The molecule has 0 aliphatic rings. The molecule has 2 rings (SSSR count). The Morgan fingerprint density at radius 3 is 2.61 bits per heavy atom. The van der Waals surface area contributed by atoms with Gasteiger partial charge in [-0.15, -0.1) is 0 Å². The summed E-state index contributed by atoms with van der Waals surface area (Å²) in [6.45, 7) is 5.64.